The zero-order valence-corrected chi connectivity index (χ0v) is 16.9. The Bertz CT molecular complexity index is 936. The van der Waals surface area contributed by atoms with Crippen LogP contribution in [0.25, 0.3) is 0 Å². The highest BCUT2D eigenvalue weighted by atomic mass is 19.3. The molecule has 0 bridgehead atoms. The van der Waals surface area contributed by atoms with Gasteiger partial charge in [-0.15, -0.1) is 0 Å². The molecule has 0 aromatic heterocycles. The summed E-state index contributed by atoms with van der Waals surface area (Å²) in [6.07, 6.45) is 0.249. The second-order valence-corrected chi connectivity index (χ2v) is 8.16. The Balaban J connectivity index is 1.48. The van der Waals surface area contributed by atoms with E-state index in [9.17, 15) is 28.0 Å². The molecule has 2 unspecified atom stereocenters. The van der Waals surface area contributed by atoms with Gasteiger partial charge in [-0.2, -0.15) is 0 Å². The first-order chi connectivity index (χ1) is 14.8. The van der Waals surface area contributed by atoms with Gasteiger partial charge in [0.2, 0.25) is 11.8 Å². The van der Waals surface area contributed by atoms with Gasteiger partial charge in [-0.3, -0.25) is 29.4 Å². The SMILES string of the molecule is O=C1CCC(N2C(=O)c3cccc(CNCC4CCNCCC4(F)F)c3C2=O)C(=O)N1. The number of carbonyl (C=O) groups excluding carboxylic acids is 4. The van der Waals surface area contributed by atoms with Crippen LogP contribution in [0.15, 0.2) is 18.2 Å². The van der Waals surface area contributed by atoms with Crippen LogP contribution in [0.1, 0.15) is 52.0 Å². The summed E-state index contributed by atoms with van der Waals surface area (Å²) < 4.78 is 28.5. The molecule has 0 spiro atoms. The van der Waals surface area contributed by atoms with E-state index in [1.807, 2.05) is 0 Å². The average molecular weight is 434 g/mol. The molecule has 166 valence electrons. The van der Waals surface area contributed by atoms with Crippen LogP contribution in [0.3, 0.4) is 0 Å². The van der Waals surface area contributed by atoms with Gasteiger partial charge in [-0.1, -0.05) is 12.1 Å². The second-order valence-electron chi connectivity index (χ2n) is 8.16. The maximum atomic E-state index is 14.3. The third-order valence-electron chi connectivity index (χ3n) is 6.16. The van der Waals surface area contributed by atoms with Crippen molar-refractivity contribution in [3.05, 3.63) is 34.9 Å². The fourth-order valence-corrected chi connectivity index (χ4v) is 4.44. The van der Waals surface area contributed by atoms with Crippen molar-refractivity contribution in [2.75, 3.05) is 19.6 Å². The van der Waals surface area contributed by atoms with Crippen LogP contribution in [0, 0.1) is 5.92 Å². The molecule has 3 N–H and O–H groups in total. The molecule has 2 fully saturated rings. The van der Waals surface area contributed by atoms with Crippen molar-refractivity contribution >= 4 is 23.6 Å². The zero-order valence-electron chi connectivity index (χ0n) is 16.9. The van der Waals surface area contributed by atoms with Crippen LogP contribution in [0.2, 0.25) is 0 Å². The zero-order chi connectivity index (χ0) is 22.2. The lowest BCUT2D eigenvalue weighted by Gasteiger charge is -2.28. The molecule has 3 aliphatic rings. The Kier molecular flexibility index (Phi) is 5.85. The van der Waals surface area contributed by atoms with Gasteiger partial charge in [-0.05, 0) is 31.0 Å². The molecule has 0 aliphatic carbocycles. The van der Waals surface area contributed by atoms with Gasteiger partial charge in [0.15, 0.2) is 0 Å². The Labute approximate surface area is 177 Å². The number of fused-ring (bicyclic) bond motifs is 1. The van der Waals surface area contributed by atoms with Gasteiger partial charge in [0, 0.05) is 38.4 Å². The molecule has 10 heteroatoms. The van der Waals surface area contributed by atoms with Crippen molar-refractivity contribution in [1.82, 2.24) is 20.9 Å². The molecule has 3 aliphatic heterocycles. The molecule has 2 saturated heterocycles. The van der Waals surface area contributed by atoms with E-state index in [0.29, 0.717) is 18.5 Å². The molecule has 0 saturated carbocycles. The molecule has 2 atom stereocenters. The Morgan fingerprint density at radius 2 is 1.90 bits per heavy atom. The van der Waals surface area contributed by atoms with Crippen LogP contribution in [-0.4, -0.2) is 60.1 Å². The van der Waals surface area contributed by atoms with Gasteiger partial charge < -0.3 is 10.6 Å². The monoisotopic (exact) mass is 434 g/mol. The summed E-state index contributed by atoms with van der Waals surface area (Å²) >= 11 is 0. The van der Waals surface area contributed by atoms with E-state index in [2.05, 4.69) is 16.0 Å². The normalized spacial score (nSPS) is 25.9. The van der Waals surface area contributed by atoms with Gasteiger partial charge in [0.1, 0.15) is 6.04 Å². The number of nitrogens with one attached hydrogen (secondary N) is 3. The lowest BCUT2D eigenvalue weighted by molar-refractivity contribution is -0.136. The first-order valence-electron chi connectivity index (χ1n) is 10.4. The summed E-state index contributed by atoms with van der Waals surface area (Å²) in [5.41, 5.74) is 0.873. The topological polar surface area (TPSA) is 108 Å². The van der Waals surface area contributed by atoms with Crippen molar-refractivity contribution in [2.24, 2.45) is 5.92 Å². The molecule has 1 aromatic carbocycles. The summed E-state index contributed by atoms with van der Waals surface area (Å²) in [5, 5.41) is 8.15. The Morgan fingerprint density at radius 3 is 2.68 bits per heavy atom. The number of amides is 4. The van der Waals surface area contributed by atoms with E-state index in [-0.39, 0.29) is 50.0 Å². The van der Waals surface area contributed by atoms with Crippen molar-refractivity contribution in [2.45, 2.75) is 44.2 Å². The maximum absolute atomic E-state index is 14.3. The van der Waals surface area contributed by atoms with Crippen LogP contribution < -0.4 is 16.0 Å². The van der Waals surface area contributed by atoms with E-state index in [4.69, 9.17) is 0 Å². The van der Waals surface area contributed by atoms with Gasteiger partial charge >= 0.3 is 0 Å². The first kappa shape index (κ1) is 21.5. The highest BCUT2D eigenvalue weighted by Crippen LogP contribution is 2.32. The number of halogens is 2. The molecular weight excluding hydrogens is 410 g/mol. The number of nitrogens with zero attached hydrogens (tertiary/aromatic N) is 1. The van der Waals surface area contributed by atoms with Crippen LogP contribution in [0.4, 0.5) is 8.78 Å². The third kappa shape index (κ3) is 4.09. The minimum atomic E-state index is -2.77. The van der Waals surface area contributed by atoms with Gasteiger partial charge in [0.05, 0.1) is 11.1 Å². The number of imide groups is 2. The number of hydrogen-bond donors (Lipinski definition) is 3. The van der Waals surface area contributed by atoms with E-state index < -0.39 is 41.5 Å². The highest BCUT2D eigenvalue weighted by Gasteiger charge is 2.45. The van der Waals surface area contributed by atoms with E-state index in [0.717, 1.165) is 4.90 Å². The van der Waals surface area contributed by atoms with Crippen LogP contribution >= 0.6 is 0 Å². The van der Waals surface area contributed by atoms with Crippen molar-refractivity contribution in [1.29, 1.82) is 0 Å². The number of carbonyl (C=O) groups is 4. The fraction of sp³-hybridized carbons (Fsp3) is 0.524. The minimum Gasteiger partial charge on any atom is -0.316 e. The van der Waals surface area contributed by atoms with Crippen molar-refractivity contribution in [3.8, 4) is 0 Å². The largest absolute Gasteiger partial charge is 0.316 e. The third-order valence-corrected chi connectivity index (χ3v) is 6.16. The van der Waals surface area contributed by atoms with Gasteiger partial charge in [-0.25, -0.2) is 8.78 Å². The summed E-state index contributed by atoms with van der Waals surface area (Å²) in [4.78, 5) is 50.4. The van der Waals surface area contributed by atoms with E-state index in [1.54, 1.807) is 12.1 Å². The standard InChI is InChI=1S/C21H24F2N4O4/c22-21(23)7-9-24-8-6-13(21)11-25-10-12-2-1-3-14-17(12)20(31)27(19(14)30)15-4-5-16(28)26-18(15)29/h1-3,13,15,24-25H,4-11H2,(H,26,28,29). The minimum absolute atomic E-state index is 0.0443. The summed E-state index contributed by atoms with van der Waals surface area (Å²) in [6.45, 7) is 1.03. The second kappa shape index (κ2) is 8.43. The number of alkyl halides is 2. The molecule has 4 rings (SSSR count). The van der Waals surface area contributed by atoms with Crippen molar-refractivity contribution in [3.63, 3.8) is 0 Å². The van der Waals surface area contributed by atoms with Gasteiger partial charge in [0.25, 0.3) is 17.7 Å². The smallest absolute Gasteiger partial charge is 0.262 e. The maximum Gasteiger partial charge on any atom is 0.262 e. The lowest BCUT2D eigenvalue weighted by atomic mass is 9.96. The summed E-state index contributed by atoms with van der Waals surface area (Å²) in [6, 6.07) is 3.76. The fourth-order valence-electron chi connectivity index (χ4n) is 4.44. The average Bonchev–Trinajstić information content (AvgIpc) is 2.85. The number of rotatable bonds is 5. The van der Waals surface area contributed by atoms with E-state index >= 15 is 0 Å². The molecule has 3 heterocycles. The predicted octanol–water partition coefficient (Wildman–Crippen LogP) is 0.812. The highest BCUT2D eigenvalue weighted by molar-refractivity contribution is 6.24. The number of piperidine rings is 1. The molecule has 0 radical (unpaired) electrons. The first-order valence-corrected chi connectivity index (χ1v) is 10.4. The molecule has 1 aromatic rings. The summed E-state index contributed by atoms with van der Waals surface area (Å²) in [5.74, 6) is -5.89. The quantitative estimate of drug-likeness (QED) is 0.592. The molecule has 31 heavy (non-hydrogen) atoms. The van der Waals surface area contributed by atoms with Crippen LogP contribution in [-0.2, 0) is 16.1 Å². The molecule has 8 nitrogen and oxygen atoms in total. The number of hydrogen-bond acceptors (Lipinski definition) is 6. The Morgan fingerprint density at radius 1 is 1.10 bits per heavy atom. The number of benzene rings is 1. The summed E-state index contributed by atoms with van der Waals surface area (Å²) in [7, 11) is 0. The molecular formula is C21H24F2N4O4. The van der Waals surface area contributed by atoms with Crippen molar-refractivity contribution < 1.29 is 28.0 Å². The lowest BCUT2D eigenvalue weighted by Crippen LogP contribution is -2.54. The molecule has 4 amide bonds. The predicted molar refractivity (Wildman–Crippen MR) is 105 cm³/mol. The Hall–Kier alpha value is -2.72. The van der Waals surface area contributed by atoms with Crippen LogP contribution in [0.5, 0.6) is 0 Å². The van der Waals surface area contributed by atoms with E-state index in [1.165, 1.54) is 6.07 Å².